The lowest BCUT2D eigenvalue weighted by molar-refractivity contribution is 0.642. The maximum atomic E-state index is 8.31. The molecular weight excluding hydrogens is 146 g/mol. The highest BCUT2D eigenvalue weighted by atomic mass is 35.5. The zero-order valence-corrected chi connectivity index (χ0v) is 7.19. The van der Waals surface area contributed by atoms with E-state index in [-0.39, 0.29) is 5.38 Å². The Hall–Kier alpha value is -0.220. The zero-order chi connectivity index (χ0) is 7.82. The van der Waals surface area contributed by atoms with E-state index < -0.39 is 0 Å². The van der Waals surface area contributed by atoms with Crippen LogP contribution in [0.4, 0.5) is 0 Å². The summed E-state index contributed by atoms with van der Waals surface area (Å²) in [6.45, 7) is 2.17. The van der Waals surface area contributed by atoms with Crippen LogP contribution in [-0.4, -0.2) is 5.38 Å². The summed E-state index contributed by atoms with van der Waals surface area (Å²) in [5.74, 6) is 0. The molecule has 0 rings (SSSR count). The van der Waals surface area contributed by atoms with E-state index in [2.05, 4.69) is 6.92 Å². The van der Waals surface area contributed by atoms with E-state index in [4.69, 9.17) is 16.9 Å². The third-order valence-electron chi connectivity index (χ3n) is 1.45. The summed E-state index contributed by atoms with van der Waals surface area (Å²) >= 11 is 5.58. The molecule has 0 N–H and O–H groups in total. The Morgan fingerprint density at radius 1 is 1.40 bits per heavy atom. The Labute approximate surface area is 68.0 Å². The van der Waals surface area contributed by atoms with Gasteiger partial charge in [0.2, 0.25) is 0 Å². The van der Waals surface area contributed by atoms with Gasteiger partial charge in [-0.15, -0.1) is 11.6 Å². The minimum absolute atomic E-state index is 0.267. The lowest BCUT2D eigenvalue weighted by Gasteiger charge is -1.98. The highest BCUT2D eigenvalue weighted by Crippen LogP contribution is 2.08. The fourth-order valence-electron chi connectivity index (χ4n) is 0.815. The van der Waals surface area contributed by atoms with Gasteiger partial charge in [0.15, 0.2) is 0 Å². The molecule has 0 spiro atoms. The molecule has 0 radical (unpaired) electrons. The number of nitrogens with zero attached hydrogens (tertiary/aromatic N) is 1. The SMILES string of the molecule is CCCCCCC(Cl)C#N. The molecular formula is C8H14ClN. The topological polar surface area (TPSA) is 23.8 Å². The molecule has 0 heterocycles. The molecule has 0 aliphatic heterocycles. The van der Waals surface area contributed by atoms with Crippen molar-refractivity contribution in [2.24, 2.45) is 0 Å². The Bertz CT molecular complexity index is 106. The molecule has 0 aliphatic rings. The number of nitriles is 1. The van der Waals surface area contributed by atoms with E-state index in [0.717, 1.165) is 12.8 Å². The van der Waals surface area contributed by atoms with Crippen LogP contribution in [0.5, 0.6) is 0 Å². The first kappa shape index (κ1) is 9.78. The minimum Gasteiger partial charge on any atom is -0.197 e. The van der Waals surface area contributed by atoms with E-state index in [1.807, 2.05) is 6.07 Å². The normalized spacial score (nSPS) is 12.5. The van der Waals surface area contributed by atoms with Crippen LogP contribution in [0.25, 0.3) is 0 Å². The van der Waals surface area contributed by atoms with Gasteiger partial charge in [-0.3, -0.25) is 0 Å². The van der Waals surface area contributed by atoms with Crippen LogP contribution in [0.2, 0.25) is 0 Å². The van der Waals surface area contributed by atoms with Crippen molar-refractivity contribution in [2.75, 3.05) is 0 Å². The number of hydrogen-bond donors (Lipinski definition) is 0. The summed E-state index contributed by atoms with van der Waals surface area (Å²) in [6.07, 6.45) is 5.64. The second-order valence-electron chi connectivity index (χ2n) is 2.45. The van der Waals surface area contributed by atoms with E-state index in [0.29, 0.717) is 0 Å². The summed E-state index contributed by atoms with van der Waals surface area (Å²) in [4.78, 5) is 0. The lowest BCUT2D eigenvalue weighted by Crippen LogP contribution is -1.92. The molecule has 1 unspecified atom stereocenters. The summed E-state index contributed by atoms with van der Waals surface area (Å²) < 4.78 is 0. The number of halogens is 1. The van der Waals surface area contributed by atoms with E-state index in [9.17, 15) is 0 Å². The van der Waals surface area contributed by atoms with Crippen LogP contribution in [0.15, 0.2) is 0 Å². The molecule has 10 heavy (non-hydrogen) atoms. The number of rotatable bonds is 5. The molecule has 58 valence electrons. The lowest BCUT2D eigenvalue weighted by atomic mass is 10.1. The van der Waals surface area contributed by atoms with Crippen LogP contribution in [-0.2, 0) is 0 Å². The predicted octanol–water partition coefficient (Wildman–Crippen LogP) is 3.09. The molecule has 2 heteroatoms. The van der Waals surface area contributed by atoms with Gasteiger partial charge in [-0.2, -0.15) is 5.26 Å². The Morgan fingerprint density at radius 2 is 2.10 bits per heavy atom. The highest BCUT2D eigenvalue weighted by Gasteiger charge is 1.99. The summed E-state index contributed by atoms with van der Waals surface area (Å²) in [5.41, 5.74) is 0. The van der Waals surface area contributed by atoms with Crippen molar-refractivity contribution in [1.29, 1.82) is 5.26 Å². The quantitative estimate of drug-likeness (QED) is 0.447. The van der Waals surface area contributed by atoms with E-state index >= 15 is 0 Å². The van der Waals surface area contributed by atoms with Crippen molar-refractivity contribution < 1.29 is 0 Å². The van der Waals surface area contributed by atoms with Gasteiger partial charge < -0.3 is 0 Å². The molecule has 0 fully saturated rings. The van der Waals surface area contributed by atoms with Crippen LogP contribution in [0.1, 0.15) is 39.0 Å². The minimum atomic E-state index is -0.267. The molecule has 0 aliphatic carbocycles. The van der Waals surface area contributed by atoms with Gasteiger partial charge in [-0.1, -0.05) is 32.6 Å². The van der Waals surface area contributed by atoms with Crippen molar-refractivity contribution in [3.63, 3.8) is 0 Å². The molecule has 0 saturated carbocycles. The van der Waals surface area contributed by atoms with Crippen LogP contribution in [0.3, 0.4) is 0 Å². The molecule has 0 amide bonds. The van der Waals surface area contributed by atoms with Crippen molar-refractivity contribution in [1.82, 2.24) is 0 Å². The predicted molar refractivity (Wildman–Crippen MR) is 44.0 cm³/mol. The van der Waals surface area contributed by atoms with Gasteiger partial charge >= 0.3 is 0 Å². The van der Waals surface area contributed by atoms with Gasteiger partial charge in [0, 0.05) is 0 Å². The largest absolute Gasteiger partial charge is 0.197 e. The van der Waals surface area contributed by atoms with Gasteiger partial charge in [0.1, 0.15) is 5.38 Å². The van der Waals surface area contributed by atoms with Crippen molar-refractivity contribution in [2.45, 2.75) is 44.4 Å². The fourth-order valence-corrected chi connectivity index (χ4v) is 0.969. The van der Waals surface area contributed by atoms with E-state index in [1.165, 1.54) is 19.3 Å². The summed E-state index contributed by atoms with van der Waals surface area (Å²) in [5, 5.41) is 8.04. The summed E-state index contributed by atoms with van der Waals surface area (Å²) in [6, 6.07) is 2.01. The van der Waals surface area contributed by atoms with Crippen LogP contribution in [0, 0.1) is 11.3 Å². The molecule has 1 nitrogen and oxygen atoms in total. The Kier molecular flexibility index (Phi) is 6.74. The van der Waals surface area contributed by atoms with Gasteiger partial charge in [0.25, 0.3) is 0 Å². The number of hydrogen-bond acceptors (Lipinski definition) is 1. The van der Waals surface area contributed by atoms with Crippen LogP contribution < -0.4 is 0 Å². The Morgan fingerprint density at radius 3 is 2.60 bits per heavy atom. The second kappa shape index (κ2) is 6.89. The third kappa shape index (κ3) is 5.91. The standard InChI is InChI=1S/C8H14ClN/c1-2-3-4-5-6-8(9)7-10/h8H,2-6H2,1H3. The highest BCUT2D eigenvalue weighted by molar-refractivity contribution is 6.22. The second-order valence-corrected chi connectivity index (χ2v) is 2.97. The number of alkyl halides is 1. The Balaban J connectivity index is 2.98. The van der Waals surface area contributed by atoms with E-state index in [1.54, 1.807) is 0 Å². The molecule has 0 bridgehead atoms. The first-order valence-corrected chi connectivity index (χ1v) is 4.28. The van der Waals surface area contributed by atoms with Crippen molar-refractivity contribution >= 4 is 11.6 Å². The molecule has 0 saturated heterocycles. The first-order valence-electron chi connectivity index (χ1n) is 3.85. The zero-order valence-electron chi connectivity index (χ0n) is 6.44. The van der Waals surface area contributed by atoms with Gasteiger partial charge in [0.05, 0.1) is 6.07 Å². The van der Waals surface area contributed by atoms with Gasteiger partial charge in [-0.25, -0.2) is 0 Å². The van der Waals surface area contributed by atoms with Gasteiger partial charge in [-0.05, 0) is 6.42 Å². The van der Waals surface area contributed by atoms with Crippen molar-refractivity contribution in [3.05, 3.63) is 0 Å². The maximum absolute atomic E-state index is 8.31. The smallest absolute Gasteiger partial charge is 0.120 e. The molecule has 0 aromatic carbocycles. The molecule has 0 aromatic heterocycles. The first-order chi connectivity index (χ1) is 4.81. The number of unbranched alkanes of at least 4 members (excludes halogenated alkanes) is 3. The monoisotopic (exact) mass is 159 g/mol. The summed E-state index contributed by atoms with van der Waals surface area (Å²) in [7, 11) is 0. The molecule has 1 atom stereocenters. The third-order valence-corrected chi connectivity index (χ3v) is 1.77. The van der Waals surface area contributed by atoms with Crippen molar-refractivity contribution in [3.8, 4) is 6.07 Å². The van der Waals surface area contributed by atoms with Crippen LogP contribution >= 0.6 is 11.6 Å². The average Bonchev–Trinajstić information content (AvgIpc) is 1.98. The average molecular weight is 160 g/mol. The molecule has 0 aromatic rings. The fraction of sp³-hybridized carbons (Fsp3) is 0.875. The maximum Gasteiger partial charge on any atom is 0.120 e.